The molecule has 1 aromatic rings. The summed E-state index contributed by atoms with van der Waals surface area (Å²) in [6.07, 6.45) is 7.56. The van der Waals surface area contributed by atoms with E-state index in [0.29, 0.717) is 5.75 Å². The first kappa shape index (κ1) is 19.3. The van der Waals surface area contributed by atoms with Crippen molar-refractivity contribution in [2.45, 2.75) is 65.3 Å². The van der Waals surface area contributed by atoms with Crippen LogP contribution in [0.1, 0.15) is 59.3 Å². The highest BCUT2D eigenvalue weighted by atomic mass is 16.5. The summed E-state index contributed by atoms with van der Waals surface area (Å²) in [7, 11) is 0. The Bertz CT molecular complexity index is 429. The first-order valence-electron chi connectivity index (χ1n) is 8.77. The number of ether oxygens (including phenoxy) is 2. The topological polar surface area (TPSA) is 47.6 Å². The molecule has 0 saturated carbocycles. The quantitative estimate of drug-likeness (QED) is 0.583. The molecule has 0 aliphatic rings. The van der Waals surface area contributed by atoms with Gasteiger partial charge in [-0.25, -0.2) is 0 Å². The third-order valence-electron chi connectivity index (χ3n) is 3.41. The number of rotatable bonds is 12. The minimum atomic E-state index is -0.108. The molecule has 1 N–H and O–H groups in total. The number of hydrogen-bond donors (Lipinski definition) is 1. The van der Waals surface area contributed by atoms with Gasteiger partial charge in [-0.1, -0.05) is 39.0 Å². The Morgan fingerprint density at radius 2 is 1.52 bits per heavy atom. The second-order valence-corrected chi connectivity index (χ2v) is 6.10. The van der Waals surface area contributed by atoms with Crippen LogP contribution in [-0.4, -0.2) is 25.2 Å². The lowest BCUT2D eigenvalue weighted by Crippen LogP contribution is -2.34. The van der Waals surface area contributed by atoms with Crippen molar-refractivity contribution in [2.75, 3.05) is 13.2 Å². The van der Waals surface area contributed by atoms with E-state index in [0.717, 1.165) is 18.8 Å². The van der Waals surface area contributed by atoms with Crippen LogP contribution in [0.15, 0.2) is 24.3 Å². The van der Waals surface area contributed by atoms with Crippen LogP contribution in [0.5, 0.6) is 11.5 Å². The molecule has 0 bridgehead atoms. The number of carbonyl (C=O) groups excluding carboxylic acids is 1. The number of amides is 1. The maximum Gasteiger partial charge on any atom is 0.258 e. The normalized spacial score (nSPS) is 10.6. The zero-order valence-corrected chi connectivity index (χ0v) is 14.8. The van der Waals surface area contributed by atoms with Gasteiger partial charge in [0.1, 0.15) is 11.5 Å². The lowest BCUT2D eigenvalue weighted by molar-refractivity contribution is -0.123. The van der Waals surface area contributed by atoms with E-state index in [1.54, 1.807) is 0 Å². The Hall–Kier alpha value is -1.71. The van der Waals surface area contributed by atoms with E-state index in [1.807, 2.05) is 38.1 Å². The van der Waals surface area contributed by atoms with Gasteiger partial charge in [-0.2, -0.15) is 0 Å². The SMILES string of the molecule is CCCCCCCCOc1ccc(OCC(=O)NC(C)C)cc1. The minimum absolute atomic E-state index is 0.0378. The molecule has 0 saturated heterocycles. The number of hydrogen-bond acceptors (Lipinski definition) is 3. The van der Waals surface area contributed by atoms with Gasteiger partial charge < -0.3 is 14.8 Å². The van der Waals surface area contributed by atoms with Gasteiger partial charge in [0.15, 0.2) is 6.61 Å². The largest absolute Gasteiger partial charge is 0.494 e. The van der Waals surface area contributed by atoms with Crippen LogP contribution in [-0.2, 0) is 4.79 Å². The van der Waals surface area contributed by atoms with Gasteiger partial charge in [0, 0.05) is 6.04 Å². The molecule has 0 aromatic heterocycles. The number of benzene rings is 1. The van der Waals surface area contributed by atoms with Crippen molar-refractivity contribution >= 4 is 5.91 Å². The zero-order chi connectivity index (χ0) is 16.9. The molecule has 0 fully saturated rings. The van der Waals surface area contributed by atoms with Gasteiger partial charge in [0.05, 0.1) is 6.61 Å². The number of carbonyl (C=O) groups is 1. The van der Waals surface area contributed by atoms with Gasteiger partial charge in [-0.05, 0) is 44.5 Å². The van der Waals surface area contributed by atoms with Gasteiger partial charge in [-0.3, -0.25) is 4.79 Å². The molecule has 0 aliphatic heterocycles. The lowest BCUT2D eigenvalue weighted by atomic mass is 10.1. The Labute approximate surface area is 140 Å². The standard InChI is InChI=1S/C19H31NO3/c1-4-5-6-7-8-9-14-22-17-10-12-18(13-11-17)23-15-19(21)20-16(2)3/h10-13,16H,4-9,14-15H2,1-3H3,(H,20,21). The summed E-state index contributed by atoms with van der Waals surface area (Å²) in [5, 5.41) is 2.79. The van der Waals surface area contributed by atoms with Crippen molar-refractivity contribution in [1.29, 1.82) is 0 Å². The minimum Gasteiger partial charge on any atom is -0.494 e. The van der Waals surface area contributed by atoms with Crippen LogP contribution in [0.2, 0.25) is 0 Å². The summed E-state index contributed by atoms with van der Waals surface area (Å²) in [5.41, 5.74) is 0. The van der Waals surface area contributed by atoms with Crippen LogP contribution in [0.3, 0.4) is 0 Å². The summed E-state index contributed by atoms with van der Waals surface area (Å²) in [6, 6.07) is 7.56. The average Bonchev–Trinajstić information content (AvgIpc) is 2.52. The molecule has 0 spiro atoms. The Morgan fingerprint density at radius 1 is 0.957 bits per heavy atom. The van der Waals surface area contributed by atoms with E-state index in [2.05, 4.69) is 12.2 Å². The van der Waals surface area contributed by atoms with Gasteiger partial charge in [0.2, 0.25) is 0 Å². The molecular formula is C19H31NO3. The first-order chi connectivity index (χ1) is 11.1. The average molecular weight is 321 g/mol. The lowest BCUT2D eigenvalue weighted by Gasteiger charge is -2.10. The second kappa shape index (κ2) is 11.8. The maximum atomic E-state index is 11.5. The van der Waals surface area contributed by atoms with Gasteiger partial charge in [0.25, 0.3) is 5.91 Å². The highest BCUT2D eigenvalue weighted by Gasteiger charge is 2.04. The predicted octanol–water partition coefficient (Wildman–Crippen LogP) is 4.33. The van der Waals surface area contributed by atoms with Crippen molar-refractivity contribution in [3.8, 4) is 11.5 Å². The van der Waals surface area contributed by atoms with Crippen LogP contribution in [0.25, 0.3) is 0 Å². The third-order valence-corrected chi connectivity index (χ3v) is 3.41. The Balaban J connectivity index is 2.16. The fourth-order valence-electron chi connectivity index (χ4n) is 2.22. The number of unbranched alkanes of at least 4 members (excludes halogenated alkanes) is 5. The van der Waals surface area contributed by atoms with Crippen molar-refractivity contribution in [1.82, 2.24) is 5.32 Å². The molecule has 0 radical (unpaired) electrons. The molecule has 4 nitrogen and oxygen atoms in total. The van der Waals surface area contributed by atoms with Gasteiger partial charge >= 0.3 is 0 Å². The first-order valence-corrected chi connectivity index (χ1v) is 8.77. The molecule has 0 unspecified atom stereocenters. The van der Waals surface area contributed by atoms with E-state index < -0.39 is 0 Å². The van der Waals surface area contributed by atoms with Crippen molar-refractivity contribution in [3.63, 3.8) is 0 Å². The fourth-order valence-corrected chi connectivity index (χ4v) is 2.22. The molecule has 1 rings (SSSR count). The smallest absolute Gasteiger partial charge is 0.258 e. The molecule has 4 heteroatoms. The predicted molar refractivity (Wildman–Crippen MR) is 94.1 cm³/mol. The molecule has 130 valence electrons. The summed E-state index contributed by atoms with van der Waals surface area (Å²) in [6.45, 7) is 6.87. The molecular weight excluding hydrogens is 290 g/mol. The van der Waals surface area contributed by atoms with Crippen molar-refractivity contribution < 1.29 is 14.3 Å². The Morgan fingerprint density at radius 3 is 2.13 bits per heavy atom. The number of nitrogens with one attached hydrogen (secondary N) is 1. The monoisotopic (exact) mass is 321 g/mol. The molecule has 23 heavy (non-hydrogen) atoms. The van der Waals surface area contributed by atoms with E-state index in [1.165, 1.54) is 32.1 Å². The van der Waals surface area contributed by atoms with Crippen LogP contribution in [0.4, 0.5) is 0 Å². The highest BCUT2D eigenvalue weighted by Crippen LogP contribution is 2.18. The second-order valence-electron chi connectivity index (χ2n) is 6.10. The molecule has 1 aromatic carbocycles. The van der Waals surface area contributed by atoms with Crippen molar-refractivity contribution in [2.24, 2.45) is 0 Å². The summed E-state index contributed by atoms with van der Waals surface area (Å²) >= 11 is 0. The molecule has 1 amide bonds. The van der Waals surface area contributed by atoms with E-state index >= 15 is 0 Å². The van der Waals surface area contributed by atoms with E-state index in [4.69, 9.17) is 9.47 Å². The fraction of sp³-hybridized carbons (Fsp3) is 0.632. The Kier molecular flexibility index (Phi) is 9.92. The zero-order valence-electron chi connectivity index (χ0n) is 14.8. The van der Waals surface area contributed by atoms with Crippen molar-refractivity contribution in [3.05, 3.63) is 24.3 Å². The van der Waals surface area contributed by atoms with E-state index in [-0.39, 0.29) is 18.6 Å². The molecule has 0 aliphatic carbocycles. The van der Waals surface area contributed by atoms with Gasteiger partial charge in [-0.15, -0.1) is 0 Å². The van der Waals surface area contributed by atoms with E-state index in [9.17, 15) is 4.79 Å². The van der Waals surface area contributed by atoms with Crippen LogP contribution < -0.4 is 14.8 Å². The van der Waals surface area contributed by atoms with Crippen LogP contribution in [0, 0.1) is 0 Å². The third kappa shape index (κ3) is 9.82. The molecule has 0 heterocycles. The summed E-state index contributed by atoms with van der Waals surface area (Å²) in [5.74, 6) is 1.41. The summed E-state index contributed by atoms with van der Waals surface area (Å²) < 4.78 is 11.1. The molecule has 0 atom stereocenters. The highest BCUT2D eigenvalue weighted by molar-refractivity contribution is 5.77. The maximum absolute atomic E-state index is 11.5. The summed E-state index contributed by atoms with van der Waals surface area (Å²) in [4.78, 5) is 11.5. The van der Waals surface area contributed by atoms with Crippen LogP contribution >= 0.6 is 0 Å².